The molecule has 0 heteroatoms. The molecule has 0 aliphatic heterocycles. The molecule has 0 spiro atoms. The molecule has 0 rings (SSSR count). The first-order valence-electron chi connectivity index (χ1n) is 16.2. The highest BCUT2D eigenvalue weighted by Gasteiger charge is 1.92. The van der Waals surface area contributed by atoms with Gasteiger partial charge in [-0.25, -0.2) is 0 Å². The first kappa shape index (κ1) is 70.4. The van der Waals surface area contributed by atoms with Gasteiger partial charge in [0.1, 0.15) is 0 Å². The number of hydrogen-bond donors (Lipinski definition) is 0. The molecule has 1 atom stereocenters. The number of allylic oxidation sites excluding steroid dienone is 2. The Morgan fingerprint density at radius 2 is 0.667 bits per heavy atom. The molecule has 36 heavy (non-hydrogen) atoms. The Hall–Kier alpha value is -0.520. The molecule has 0 heterocycles. The zero-order valence-corrected chi connectivity index (χ0v) is 31.8. The minimum absolute atomic E-state index is 0.833. The fourth-order valence-electron chi connectivity index (χ4n) is 0.697. The Morgan fingerprint density at radius 1 is 0.500 bits per heavy atom. The van der Waals surface area contributed by atoms with Crippen molar-refractivity contribution in [2.24, 2.45) is 11.8 Å². The highest BCUT2D eigenvalue weighted by Crippen LogP contribution is 2.07. The van der Waals surface area contributed by atoms with Crippen LogP contribution in [0.15, 0.2) is 24.3 Å². The van der Waals surface area contributed by atoms with Crippen molar-refractivity contribution in [2.45, 2.75) is 205 Å². The van der Waals surface area contributed by atoms with Gasteiger partial charge < -0.3 is 0 Å². The van der Waals surface area contributed by atoms with Gasteiger partial charge >= 0.3 is 0 Å². The minimum atomic E-state index is 0.833. The summed E-state index contributed by atoms with van der Waals surface area (Å²) < 4.78 is 0. The summed E-state index contributed by atoms with van der Waals surface area (Å²) >= 11 is 0. The first-order valence-corrected chi connectivity index (χ1v) is 16.2. The monoisotopic (exact) mass is 523 g/mol. The van der Waals surface area contributed by atoms with Crippen LogP contribution in [-0.2, 0) is 0 Å². The molecule has 234 valence electrons. The van der Waals surface area contributed by atoms with Crippen LogP contribution in [0.25, 0.3) is 0 Å². The molecule has 0 amide bonds. The van der Waals surface area contributed by atoms with E-state index in [-0.39, 0.29) is 0 Å². The molecule has 0 saturated heterocycles. The summed E-state index contributed by atoms with van der Waals surface area (Å²) in [5.41, 5.74) is 2.42. The molecule has 1 unspecified atom stereocenters. The van der Waals surface area contributed by atoms with Crippen LogP contribution in [0.3, 0.4) is 0 Å². The lowest BCUT2D eigenvalue weighted by Gasteiger charge is -2.02. The number of unbranched alkanes of at least 4 members (excludes halogenated alkanes) is 1. The lowest BCUT2D eigenvalue weighted by atomic mass is 10.0. The van der Waals surface area contributed by atoms with E-state index in [2.05, 4.69) is 75.5 Å². The second-order valence-corrected chi connectivity index (χ2v) is 7.55. The largest absolute Gasteiger partial charge is 0.100 e. The van der Waals surface area contributed by atoms with E-state index in [0.29, 0.717) is 0 Å². The molecule has 0 radical (unpaired) electrons. The molecule has 0 aromatic rings. The van der Waals surface area contributed by atoms with Crippen molar-refractivity contribution >= 4 is 0 Å². The van der Waals surface area contributed by atoms with Gasteiger partial charge in [-0.1, -0.05) is 189 Å². The van der Waals surface area contributed by atoms with Crippen LogP contribution in [0.2, 0.25) is 0 Å². The third kappa shape index (κ3) is 631. The summed E-state index contributed by atoms with van der Waals surface area (Å²) in [5.74, 6) is 1.78. The van der Waals surface area contributed by atoms with Crippen molar-refractivity contribution in [1.29, 1.82) is 0 Å². The molecule has 0 bridgehead atoms. The van der Waals surface area contributed by atoms with Crippen molar-refractivity contribution in [3.63, 3.8) is 0 Å². The number of rotatable bonds is 5. The van der Waals surface area contributed by atoms with Gasteiger partial charge in [-0.3, -0.25) is 0 Å². The van der Waals surface area contributed by atoms with Gasteiger partial charge in [-0.05, 0) is 39.0 Å². The van der Waals surface area contributed by atoms with Crippen LogP contribution < -0.4 is 0 Å². The lowest BCUT2D eigenvalue weighted by Crippen LogP contribution is -1.88. The summed E-state index contributed by atoms with van der Waals surface area (Å²) in [6.45, 7) is 57.0. The summed E-state index contributed by atoms with van der Waals surface area (Å²) in [6, 6.07) is 0. The van der Waals surface area contributed by atoms with Gasteiger partial charge in [0.2, 0.25) is 0 Å². The van der Waals surface area contributed by atoms with E-state index in [1.807, 2.05) is 104 Å². The predicted octanol–water partition coefficient (Wildman–Crippen LogP) is 16.0. The predicted molar refractivity (Wildman–Crippen MR) is 189 cm³/mol. The smallest absolute Gasteiger partial charge is 0.0354 e. The van der Waals surface area contributed by atoms with Crippen molar-refractivity contribution < 1.29 is 0 Å². The Kier molecular flexibility index (Phi) is 247. The SMILES string of the molecule is C=C(C)C.C=C(C)CC.CC.CC.CC.CC.CC.CC.CC(C)C.CCCC.CCCC(C)CC. The maximum Gasteiger partial charge on any atom is -0.0354 e. The van der Waals surface area contributed by atoms with E-state index in [0.717, 1.165) is 18.3 Å². The van der Waals surface area contributed by atoms with E-state index < -0.39 is 0 Å². The Bertz CT molecular complexity index is 201. The average molecular weight is 523 g/mol. The fraction of sp³-hybridized carbons (Fsp3) is 0.889. The quantitative estimate of drug-likeness (QED) is 0.315. The van der Waals surface area contributed by atoms with Gasteiger partial charge in [-0.2, -0.15) is 0 Å². The molecule has 0 aromatic heterocycles. The van der Waals surface area contributed by atoms with Crippen molar-refractivity contribution in [1.82, 2.24) is 0 Å². The molecule has 0 fully saturated rings. The van der Waals surface area contributed by atoms with Gasteiger partial charge in [0.15, 0.2) is 0 Å². The Balaban J connectivity index is -0.0000000220. The fourth-order valence-corrected chi connectivity index (χ4v) is 0.697. The van der Waals surface area contributed by atoms with Crippen LogP contribution in [0.4, 0.5) is 0 Å². The van der Waals surface area contributed by atoms with Crippen molar-refractivity contribution in [3.8, 4) is 0 Å². The van der Waals surface area contributed by atoms with Gasteiger partial charge in [0.05, 0.1) is 0 Å². The average Bonchev–Trinajstić information content (AvgIpc) is 2.91. The van der Waals surface area contributed by atoms with Crippen LogP contribution in [-0.4, -0.2) is 0 Å². The normalized spacial score (nSPS) is 7.36. The topological polar surface area (TPSA) is 0 Å². The molecule has 0 nitrogen and oxygen atoms in total. The minimum Gasteiger partial charge on any atom is -0.100 e. The van der Waals surface area contributed by atoms with Gasteiger partial charge in [-0.15, -0.1) is 13.2 Å². The standard InChI is InChI=1S/C7H16.C5H10.C4H10.C4H8.C4H10.6C2H6/c1-4-6-7(3)5-2;1-4-5(2)3;2*1-4(2)3;1-3-4-2;6*1-2/h7H,4-6H2,1-3H3;2,4H2,1,3H3;4H,1-3H3;1H2,2-3H3;3-4H2,1-2H3;6*1-2H3. The van der Waals surface area contributed by atoms with Crippen LogP contribution in [0.5, 0.6) is 0 Å². The summed E-state index contributed by atoms with van der Waals surface area (Å²) in [5, 5.41) is 0. The third-order valence-corrected chi connectivity index (χ3v) is 2.58. The molecular weight excluding hydrogens is 432 g/mol. The highest BCUT2D eigenvalue weighted by molar-refractivity contribution is 4.84. The maximum atomic E-state index is 3.67. The summed E-state index contributed by atoms with van der Waals surface area (Å²) in [6.07, 6.45) is 7.83. The van der Waals surface area contributed by atoms with E-state index in [9.17, 15) is 0 Å². The summed E-state index contributed by atoms with van der Waals surface area (Å²) in [7, 11) is 0. The molecule has 0 aliphatic carbocycles. The lowest BCUT2D eigenvalue weighted by molar-refractivity contribution is 0.509. The first-order chi connectivity index (χ1) is 17.0. The van der Waals surface area contributed by atoms with Crippen molar-refractivity contribution in [2.75, 3.05) is 0 Å². The zero-order valence-electron chi connectivity index (χ0n) is 31.8. The van der Waals surface area contributed by atoms with E-state index in [4.69, 9.17) is 0 Å². The number of hydrogen-bond acceptors (Lipinski definition) is 0. The molecular formula is C36H90. The van der Waals surface area contributed by atoms with Crippen molar-refractivity contribution in [3.05, 3.63) is 24.3 Å². The van der Waals surface area contributed by atoms with Gasteiger partial charge in [0, 0.05) is 0 Å². The van der Waals surface area contributed by atoms with Gasteiger partial charge in [0.25, 0.3) is 0 Å². The van der Waals surface area contributed by atoms with Crippen LogP contribution >= 0.6 is 0 Å². The Morgan fingerprint density at radius 3 is 0.694 bits per heavy atom. The van der Waals surface area contributed by atoms with Crippen LogP contribution in [0, 0.1) is 11.8 Å². The third-order valence-electron chi connectivity index (χ3n) is 2.58. The van der Waals surface area contributed by atoms with E-state index in [1.54, 1.807) is 0 Å². The Labute approximate surface area is 240 Å². The summed E-state index contributed by atoms with van der Waals surface area (Å²) in [4.78, 5) is 0. The molecule has 0 aliphatic rings. The highest BCUT2D eigenvalue weighted by atomic mass is 14.0. The molecule has 0 saturated carbocycles. The second kappa shape index (κ2) is 126. The second-order valence-electron chi connectivity index (χ2n) is 7.55. The van der Waals surface area contributed by atoms with E-state index >= 15 is 0 Å². The molecule has 0 aromatic carbocycles. The van der Waals surface area contributed by atoms with Crippen LogP contribution in [0.1, 0.15) is 205 Å². The maximum absolute atomic E-state index is 3.67. The zero-order chi connectivity index (χ0) is 32.6. The van der Waals surface area contributed by atoms with E-state index in [1.165, 1.54) is 43.3 Å². The molecule has 0 N–H and O–H groups in total.